The second-order valence-corrected chi connectivity index (χ2v) is 6.20. The van der Waals surface area contributed by atoms with Crippen LogP contribution in [0.25, 0.3) is 5.69 Å². The van der Waals surface area contributed by atoms with E-state index in [1.54, 1.807) is 48.5 Å². The normalized spacial score (nSPS) is 10.2. The van der Waals surface area contributed by atoms with E-state index in [2.05, 4.69) is 10.6 Å². The van der Waals surface area contributed by atoms with E-state index < -0.39 is 18.5 Å². The summed E-state index contributed by atoms with van der Waals surface area (Å²) in [5.41, 5.74) is 2.15. The van der Waals surface area contributed by atoms with Crippen LogP contribution < -0.4 is 10.6 Å². The molecular formula is C22H21N3O4. The largest absolute Gasteiger partial charge is 0.452 e. The quantitative estimate of drug-likeness (QED) is 0.606. The van der Waals surface area contributed by atoms with Gasteiger partial charge in [0, 0.05) is 35.9 Å². The maximum absolute atomic E-state index is 12.2. The summed E-state index contributed by atoms with van der Waals surface area (Å²) in [6.45, 7) is 1.91. The topological polar surface area (TPSA) is 89.4 Å². The first-order valence-corrected chi connectivity index (χ1v) is 9.15. The van der Waals surface area contributed by atoms with Gasteiger partial charge in [-0.05, 0) is 61.5 Å². The molecule has 148 valence electrons. The summed E-state index contributed by atoms with van der Waals surface area (Å²) in [6.07, 6.45) is 3.80. The maximum atomic E-state index is 12.2. The number of hydrogen-bond donors (Lipinski definition) is 2. The predicted octanol–water partition coefficient (Wildman–Crippen LogP) is 3.02. The molecule has 1 aromatic heterocycles. The molecule has 0 aliphatic heterocycles. The number of nitrogens with zero attached hydrogens (tertiary/aromatic N) is 1. The summed E-state index contributed by atoms with van der Waals surface area (Å²) in [4.78, 5) is 36.1. The van der Waals surface area contributed by atoms with E-state index in [0.29, 0.717) is 23.4 Å². The summed E-state index contributed by atoms with van der Waals surface area (Å²) in [6, 6.07) is 17.2. The van der Waals surface area contributed by atoms with E-state index in [4.69, 9.17) is 4.74 Å². The highest BCUT2D eigenvalue weighted by molar-refractivity contribution is 5.98. The number of rotatable bonds is 7. The Hall–Kier alpha value is -3.87. The van der Waals surface area contributed by atoms with Crippen LogP contribution in [-0.4, -0.2) is 35.5 Å². The Morgan fingerprint density at radius 2 is 1.66 bits per heavy atom. The van der Waals surface area contributed by atoms with Crippen molar-refractivity contribution < 1.29 is 19.1 Å². The lowest BCUT2D eigenvalue weighted by Crippen LogP contribution is -2.23. The molecule has 0 spiro atoms. The molecule has 0 saturated carbocycles. The average molecular weight is 391 g/mol. The molecular weight excluding hydrogens is 370 g/mol. The van der Waals surface area contributed by atoms with Gasteiger partial charge in [-0.25, -0.2) is 4.79 Å². The van der Waals surface area contributed by atoms with Gasteiger partial charge in [0.2, 0.25) is 0 Å². The van der Waals surface area contributed by atoms with Crippen molar-refractivity contribution in [2.45, 2.75) is 6.92 Å². The standard InChI is InChI=1S/C22H21N3O4/c1-2-23-21(27)17-6-5-7-18(14-17)24-20(26)15-29-22(28)16-8-10-19(11-9-16)25-12-3-4-13-25/h3-14H,2,15H2,1H3,(H,23,27)(H,24,26). The Kier molecular flexibility index (Phi) is 6.42. The molecule has 1 heterocycles. The van der Waals surface area contributed by atoms with Crippen molar-refractivity contribution in [1.29, 1.82) is 0 Å². The van der Waals surface area contributed by atoms with Crippen LogP contribution in [0.2, 0.25) is 0 Å². The summed E-state index contributed by atoms with van der Waals surface area (Å²) in [5.74, 6) is -1.30. The van der Waals surface area contributed by atoms with Crippen molar-refractivity contribution in [1.82, 2.24) is 9.88 Å². The molecule has 0 atom stereocenters. The van der Waals surface area contributed by atoms with Crippen molar-refractivity contribution in [3.05, 3.63) is 84.2 Å². The van der Waals surface area contributed by atoms with Gasteiger partial charge < -0.3 is 19.9 Å². The molecule has 29 heavy (non-hydrogen) atoms. The Morgan fingerprint density at radius 1 is 0.931 bits per heavy atom. The van der Waals surface area contributed by atoms with Gasteiger partial charge in [-0.2, -0.15) is 0 Å². The molecule has 2 N–H and O–H groups in total. The van der Waals surface area contributed by atoms with Crippen molar-refractivity contribution in [3.63, 3.8) is 0 Å². The molecule has 2 aromatic carbocycles. The van der Waals surface area contributed by atoms with E-state index in [-0.39, 0.29) is 5.91 Å². The van der Waals surface area contributed by atoms with Crippen LogP contribution in [0.15, 0.2) is 73.1 Å². The Balaban J connectivity index is 1.53. The van der Waals surface area contributed by atoms with E-state index >= 15 is 0 Å². The van der Waals surface area contributed by atoms with Crippen molar-refractivity contribution in [2.75, 3.05) is 18.5 Å². The number of nitrogens with one attached hydrogen (secondary N) is 2. The van der Waals surface area contributed by atoms with Crippen LogP contribution in [-0.2, 0) is 9.53 Å². The molecule has 0 aliphatic carbocycles. The molecule has 0 fully saturated rings. The highest BCUT2D eigenvalue weighted by atomic mass is 16.5. The van der Waals surface area contributed by atoms with Crippen LogP contribution >= 0.6 is 0 Å². The maximum Gasteiger partial charge on any atom is 0.338 e. The van der Waals surface area contributed by atoms with Gasteiger partial charge in [0.25, 0.3) is 11.8 Å². The first-order chi connectivity index (χ1) is 14.1. The summed E-state index contributed by atoms with van der Waals surface area (Å²) in [7, 11) is 0. The number of anilines is 1. The number of aromatic nitrogens is 1. The molecule has 2 amide bonds. The lowest BCUT2D eigenvalue weighted by atomic mass is 10.2. The van der Waals surface area contributed by atoms with Gasteiger partial charge >= 0.3 is 5.97 Å². The molecule has 0 radical (unpaired) electrons. The fourth-order valence-corrected chi connectivity index (χ4v) is 2.69. The van der Waals surface area contributed by atoms with E-state index in [1.807, 2.05) is 36.0 Å². The smallest absolute Gasteiger partial charge is 0.338 e. The Bertz CT molecular complexity index is 995. The van der Waals surface area contributed by atoms with Gasteiger partial charge in [0.1, 0.15) is 0 Å². The SMILES string of the molecule is CCNC(=O)c1cccc(NC(=O)COC(=O)c2ccc(-n3cccc3)cc2)c1. The number of esters is 1. The number of hydrogen-bond acceptors (Lipinski definition) is 4. The molecule has 7 heteroatoms. The van der Waals surface area contributed by atoms with Gasteiger partial charge in [-0.1, -0.05) is 6.07 Å². The Labute approximate surface area is 168 Å². The van der Waals surface area contributed by atoms with E-state index in [1.165, 1.54) is 0 Å². The van der Waals surface area contributed by atoms with Crippen LogP contribution in [0.4, 0.5) is 5.69 Å². The molecule has 3 aromatic rings. The number of carbonyl (C=O) groups is 3. The average Bonchev–Trinajstić information content (AvgIpc) is 3.27. The minimum atomic E-state index is -0.588. The second kappa shape index (κ2) is 9.36. The first-order valence-electron chi connectivity index (χ1n) is 9.15. The second-order valence-electron chi connectivity index (χ2n) is 6.20. The fourth-order valence-electron chi connectivity index (χ4n) is 2.69. The minimum Gasteiger partial charge on any atom is -0.452 e. The summed E-state index contributed by atoms with van der Waals surface area (Å²) >= 11 is 0. The highest BCUT2D eigenvalue weighted by Gasteiger charge is 2.12. The number of carbonyl (C=O) groups excluding carboxylic acids is 3. The van der Waals surface area contributed by atoms with Crippen LogP contribution in [0.5, 0.6) is 0 Å². The van der Waals surface area contributed by atoms with Crippen molar-refractivity contribution >= 4 is 23.5 Å². The van der Waals surface area contributed by atoms with Gasteiger partial charge in [0.05, 0.1) is 5.56 Å². The van der Waals surface area contributed by atoms with Gasteiger partial charge in [-0.15, -0.1) is 0 Å². The molecule has 3 rings (SSSR count). The van der Waals surface area contributed by atoms with Crippen LogP contribution in [0, 0.1) is 0 Å². The van der Waals surface area contributed by atoms with Crippen LogP contribution in [0.3, 0.4) is 0 Å². The number of ether oxygens (including phenoxy) is 1. The highest BCUT2D eigenvalue weighted by Crippen LogP contribution is 2.12. The number of amides is 2. The molecule has 0 saturated heterocycles. The monoisotopic (exact) mass is 391 g/mol. The van der Waals surface area contributed by atoms with Crippen molar-refractivity contribution in [2.24, 2.45) is 0 Å². The van der Waals surface area contributed by atoms with E-state index in [0.717, 1.165) is 5.69 Å². The molecule has 7 nitrogen and oxygen atoms in total. The Morgan fingerprint density at radius 3 is 2.34 bits per heavy atom. The first kappa shape index (κ1) is 19.9. The molecule has 0 bridgehead atoms. The third-order valence-corrected chi connectivity index (χ3v) is 4.09. The fraction of sp³-hybridized carbons (Fsp3) is 0.136. The van der Waals surface area contributed by atoms with Crippen LogP contribution in [0.1, 0.15) is 27.6 Å². The minimum absolute atomic E-state index is 0.224. The summed E-state index contributed by atoms with van der Waals surface area (Å²) < 4.78 is 6.99. The third-order valence-electron chi connectivity index (χ3n) is 4.09. The molecule has 0 aliphatic rings. The van der Waals surface area contributed by atoms with Gasteiger partial charge in [-0.3, -0.25) is 9.59 Å². The lowest BCUT2D eigenvalue weighted by Gasteiger charge is -2.09. The van der Waals surface area contributed by atoms with E-state index in [9.17, 15) is 14.4 Å². The third kappa shape index (κ3) is 5.32. The van der Waals surface area contributed by atoms with Crippen molar-refractivity contribution in [3.8, 4) is 5.69 Å². The number of benzene rings is 2. The zero-order chi connectivity index (χ0) is 20.6. The zero-order valence-corrected chi connectivity index (χ0v) is 15.9. The zero-order valence-electron chi connectivity index (χ0n) is 15.9. The predicted molar refractivity (Wildman–Crippen MR) is 109 cm³/mol. The summed E-state index contributed by atoms with van der Waals surface area (Å²) in [5, 5.41) is 5.31. The lowest BCUT2D eigenvalue weighted by molar-refractivity contribution is -0.119. The molecule has 0 unspecified atom stereocenters. The van der Waals surface area contributed by atoms with Gasteiger partial charge in [0.15, 0.2) is 6.61 Å².